The highest BCUT2D eigenvalue weighted by molar-refractivity contribution is 7.16. The summed E-state index contributed by atoms with van der Waals surface area (Å²) in [6.07, 6.45) is 8.31. The third kappa shape index (κ3) is 4.66. The maximum absolute atomic E-state index is 12.4. The molecule has 27 heavy (non-hydrogen) atoms. The maximum Gasteiger partial charge on any atom is 0.331 e. The Labute approximate surface area is 161 Å². The number of hydrogen-bond acceptors (Lipinski definition) is 6. The number of fused-ring (bicyclic) bond motifs is 1. The smallest absolute Gasteiger partial charge is 0.331 e. The fraction of sp³-hybridized carbons (Fsp3) is 0.350. The molecule has 0 fully saturated rings. The number of nitrogens with zero attached hydrogens (tertiary/aromatic N) is 1. The number of hydrogen-bond donors (Lipinski definition) is 1. The molecule has 1 atom stereocenters. The van der Waals surface area contributed by atoms with Crippen LogP contribution in [0.4, 0.5) is 5.00 Å². The molecule has 7 heteroatoms. The Morgan fingerprint density at radius 3 is 2.93 bits per heavy atom. The fourth-order valence-corrected chi connectivity index (χ4v) is 4.21. The van der Waals surface area contributed by atoms with Gasteiger partial charge in [0, 0.05) is 11.0 Å². The molecule has 0 aliphatic heterocycles. The maximum atomic E-state index is 12.4. The summed E-state index contributed by atoms with van der Waals surface area (Å²) in [5, 5.41) is 12.8. The number of aryl methyl sites for hydroxylation is 1. The topological polar surface area (TPSA) is 92.3 Å². The zero-order valence-electron chi connectivity index (χ0n) is 15.0. The number of rotatable bonds is 5. The van der Waals surface area contributed by atoms with Crippen molar-refractivity contribution in [3.63, 3.8) is 0 Å². The predicted octanol–water partition coefficient (Wildman–Crippen LogP) is 4.07. The molecule has 0 aromatic carbocycles. The van der Waals surface area contributed by atoms with E-state index in [9.17, 15) is 14.9 Å². The average Bonchev–Trinajstić information content (AvgIpc) is 3.22. The van der Waals surface area contributed by atoms with Gasteiger partial charge in [-0.2, -0.15) is 5.26 Å². The van der Waals surface area contributed by atoms with Crippen LogP contribution < -0.4 is 5.32 Å². The van der Waals surface area contributed by atoms with Crippen LogP contribution in [0, 0.1) is 11.3 Å². The van der Waals surface area contributed by atoms with E-state index in [2.05, 4.69) is 11.4 Å². The van der Waals surface area contributed by atoms with Crippen molar-refractivity contribution < 1.29 is 18.7 Å². The van der Waals surface area contributed by atoms with Gasteiger partial charge in [0.25, 0.3) is 5.91 Å². The normalized spacial score (nSPS) is 14.8. The van der Waals surface area contributed by atoms with Crippen LogP contribution in [0.2, 0.25) is 0 Å². The van der Waals surface area contributed by atoms with Crippen LogP contribution in [-0.4, -0.2) is 18.0 Å². The number of carbonyl (C=O) groups excluding carboxylic acids is 2. The van der Waals surface area contributed by atoms with E-state index >= 15 is 0 Å². The molecule has 1 unspecified atom stereocenters. The molecule has 1 N–H and O–H groups in total. The lowest BCUT2D eigenvalue weighted by Crippen LogP contribution is -2.29. The number of ether oxygens (including phenoxy) is 1. The lowest BCUT2D eigenvalue weighted by Gasteiger charge is -2.11. The van der Waals surface area contributed by atoms with Gasteiger partial charge in [0.2, 0.25) is 0 Å². The first-order valence-corrected chi connectivity index (χ1v) is 9.68. The lowest BCUT2D eigenvalue weighted by molar-refractivity contribution is -0.148. The molecular formula is C20H20N2O4S. The summed E-state index contributed by atoms with van der Waals surface area (Å²) in [6, 6.07) is 5.62. The van der Waals surface area contributed by atoms with E-state index in [-0.39, 0.29) is 0 Å². The summed E-state index contributed by atoms with van der Waals surface area (Å²) >= 11 is 1.45. The van der Waals surface area contributed by atoms with Gasteiger partial charge in [0.05, 0.1) is 11.8 Å². The van der Waals surface area contributed by atoms with Gasteiger partial charge >= 0.3 is 5.97 Å². The molecule has 1 aliphatic carbocycles. The number of furan rings is 1. The Kier molecular flexibility index (Phi) is 6.09. The monoisotopic (exact) mass is 384 g/mol. The van der Waals surface area contributed by atoms with Gasteiger partial charge in [0.1, 0.15) is 16.8 Å². The summed E-state index contributed by atoms with van der Waals surface area (Å²) in [5.74, 6) is -0.582. The first kappa shape index (κ1) is 18.9. The molecule has 6 nitrogen and oxygen atoms in total. The van der Waals surface area contributed by atoms with E-state index in [1.165, 1.54) is 41.6 Å². The van der Waals surface area contributed by atoms with E-state index in [1.807, 2.05) is 0 Å². The number of anilines is 1. The molecule has 1 amide bonds. The minimum Gasteiger partial charge on any atom is -0.465 e. The van der Waals surface area contributed by atoms with Crippen molar-refractivity contribution in [2.75, 3.05) is 5.32 Å². The third-order valence-corrected chi connectivity index (χ3v) is 5.57. The van der Waals surface area contributed by atoms with Crippen LogP contribution in [0.15, 0.2) is 28.9 Å². The molecule has 2 aromatic rings. The second kappa shape index (κ2) is 8.69. The van der Waals surface area contributed by atoms with Gasteiger partial charge < -0.3 is 14.5 Å². The summed E-state index contributed by atoms with van der Waals surface area (Å²) in [6.45, 7) is 1.50. The zero-order valence-corrected chi connectivity index (χ0v) is 15.8. The van der Waals surface area contributed by atoms with Gasteiger partial charge in [-0.15, -0.1) is 11.3 Å². The number of nitriles is 1. The van der Waals surface area contributed by atoms with E-state index in [4.69, 9.17) is 9.15 Å². The number of amides is 1. The SMILES string of the molecule is CC(OC(=O)/C=C/c1ccco1)C(=O)Nc1sc2c(c1C#N)CCCCC2. The molecule has 1 aliphatic rings. The van der Waals surface area contributed by atoms with Gasteiger partial charge in [0.15, 0.2) is 6.10 Å². The van der Waals surface area contributed by atoms with Crippen LogP contribution in [0.1, 0.15) is 48.0 Å². The second-order valence-corrected chi connectivity index (χ2v) is 7.40. The van der Waals surface area contributed by atoms with Gasteiger partial charge in [-0.1, -0.05) is 6.42 Å². The minimum atomic E-state index is -0.979. The molecule has 140 valence electrons. The van der Waals surface area contributed by atoms with Crippen molar-refractivity contribution in [1.82, 2.24) is 0 Å². The summed E-state index contributed by atoms with van der Waals surface area (Å²) in [4.78, 5) is 25.4. The standard InChI is InChI=1S/C20H20N2O4S/c1-13(26-18(23)10-9-14-6-5-11-25-14)19(24)22-20-16(12-21)15-7-3-2-4-8-17(15)27-20/h5-6,9-11,13H,2-4,7-8H2,1H3,(H,22,24)/b10-9+. The van der Waals surface area contributed by atoms with Crippen LogP contribution in [-0.2, 0) is 27.2 Å². The van der Waals surface area contributed by atoms with Crippen molar-refractivity contribution in [2.24, 2.45) is 0 Å². The molecule has 0 radical (unpaired) electrons. The predicted molar refractivity (Wildman–Crippen MR) is 102 cm³/mol. The number of thiophene rings is 1. The second-order valence-electron chi connectivity index (χ2n) is 6.30. The van der Waals surface area contributed by atoms with Gasteiger partial charge in [-0.3, -0.25) is 4.79 Å². The van der Waals surface area contributed by atoms with E-state index in [0.717, 1.165) is 37.7 Å². The van der Waals surface area contributed by atoms with E-state index < -0.39 is 18.0 Å². The number of esters is 1. The van der Waals surface area contributed by atoms with Crippen LogP contribution in [0.25, 0.3) is 6.08 Å². The van der Waals surface area contributed by atoms with Crippen molar-refractivity contribution >= 4 is 34.3 Å². The Bertz CT molecular complexity index is 890. The summed E-state index contributed by atoms with van der Waals surface area (Å²) in [5.41, 5.74) is 1.60. The number of nitrogens with one attached hydrogen (secondary N) is 1. The highest BCUT2D eigenvalue weighted by Gasteiger charge is 2.23. The molecule has 0 spiro atoms. The minimum absolute atomic E-state index is 0.456. The Morgan fingerprint density at radius 2 is 2.19 bits per heavy atom. The van der Waals surface area contributed by atoms with Gasteiger partial charge in [-0.25, -0.2) is 4.79 Å². The van der Waals surface area contributed by atoms with Crippen LogP contribution >= 0.6 is 11.3 Å². The first-order valence-electron chi connectivity index (χ1n) is 8.86. The van der Waals surface area contributed by atoms with Crippen molar-refractivity contribution in [3.05, 3.63) is 46.2 Å². The third-order valence-electron chi connectivity index (χ3n) is 4.36. The Hall–Kier alpha value is -2.85. The molecule has 0 saturated heterocycles. The molecule has 3 rings (SSSR count). The van der Waals surface area contributed by atoms with Crippen molar-refractivity contribution in [3.8, 4) is 6.07 Å². The lowest BCUT2D eigenvalue weighted by atomic mass is 10.1. The zero-order chi connectivity index (χ0) is 19.2. The summed E-state index contributed by atoms with van der Waals surface area (Å²) in [7, 11) is 0. The highest BCUT2D eigenvalue weighted by Crippen LogP contribution is 2.37. The van der Waals surface area contributed by atoms with Crippen molar-refractivity contribution in [2.45, 2.75) is 45.1 Å². The Morgan fingerprint density at radius 1 is 1.37 bits per heavy atom. The quantitative estimate of drug-likeness (QED) is 0.477. The van der Waals surface area contributed by atoms with Crippen LogP contribution in [0.5, 0.6) is 0 Å². The molecule has 0 bridgehead atoms. The molecule has 0 saturated carbocycles. The van der Waals surface area contributed by atoms with E-state index in [0.29, 0.717) is 16.3 Å². The first-order chi connectivity index (χ1) is 13.1. The molecular weight excluding hydrogens is 364 g/mol. The molecule has 2 heterocycles. The average molecular weight is 384 g/mol. The van der Waals surface area contributed by atoms with Crippen LogP contribution in [0.3, 0.4) is 0 Å². The van der Waals surface area contributed by atoms with Gasteiger partial charge in [-0.05, 0) is 56.4 Å². The number of carbonyl (C=O) groups is 2. The highest BCUT2D eigenvalue weighted by atomic mass is 32.1. The van der Waals surface area contributed by atoms with Crippen molar-refractivity contribution in [1.29, 1.82) is 5.26 Å². The Balaban J connectivity index is 1.63. The fourth-order valence-electron chi connectivity index (χ4n) is 2.97. The molecule has 2 aromatic heterocycles. The largest absolute Gasteiger partial charge is 0.465 e. The summed E-state index contributed by atoms with van der Waals surface area (Å²) < 4.78 is 10.2. The van der Waals surface area contributed by atoms with E-state index in [1.54, 1.807) is 12.1 Å².